The highest BCUT2D eigenvalue weighted by Gasteiger charge is 2.32. The van der Waals surface area contributed by atoms with E-state index in [0.29, 0.717) is 19.5 Å². The first-order chi connectivity index (χ1) is 11.9. The Morgan fingerprint density at radius 1 is 1.28 bits per heavy atom. The molecule has 2 atom stereocenters. The van der Waals surface area contributed by atoms with E-state index >= 15 is 0 Å². The standard InChI is InChI=1S/C15H21N5O3S2/c1-19(2)25(22,23)18-12-8-9-20(10-13(12)21)15-17-16-14(24-15)11-6-4-3-5-7-11/h3-7,12-13,18,21H,8-10H2,1-2H3/t12-,13-/m1/s1. The summed E-state index contributed by atoms with van der Waals surface area (Å²) in [5.74, 6) is 0. The molecule has 0 unspecified atom stereocenters. The number of hydrogen-bond donors (Lipinski definition) is 2. The van der Waals surface area contributed by atoms with E-state index in [1.54, 1.807) is 0 Å². The van der Waals surface area contributed by atoms with E-state index in [2.05, 4.69) is 14.9 Å². The molecule has 136 valence electrons. The summed E-state index contributed by atoms with van der Waals surface area (Å²) in [5, 5.41) is 20.3. The number of β-amino-alcohol motifs (C(OH)–C–C–N with tert-alkyl or cyclic N) is 1. The van der Waals surface area contributed by atoms with E-state index in [4.69, 9.17) is 0 Å². The summed E-state index contributed by atoms with van der Waals surface area (Å²) < 4.78 is 27.5. The van der Waals surface area contributed by atoms with Gasteiger partial charge >= 0.3 is 0 Å². The highest BCUT2D eigenvalue weighted by atomic mass is 32.2. The minimum atomic E-state index is -3.57. The first-order valence-electron chi connectivity index (χ1n) is 7.88. The number of aliphatic hydroxyl groups excluding tert-OH is 1. The lowest BCUT2D eigenvalue weighted by Crippen LogP contribution is -2.55. The minimum absolute atomic E-state index is 0.310. The molecule has 2 heterocycles. The van der Waals surface area contributed by atoms with Crippen molar-refractivity contribution in [1.82, 2.24) is 19.2 Å². The highest BCUT2D eigenvalue weighted by molar-refractivity contribution is 7.87. The number of anilines is 1. The molecule has 1 aromatic heterocycles. The molecule has 1 aromatic carbocycles. The zero-order valence-electron chi connectivity index (χ0n) is 14.0. The Morgan fingerprint density at radius 2 is 2.00 bits per heavy atom. The number of hydrogen-bond acceptors (Lipinski definition) is 7. The van der Waals surface area contributed by atoms with Crippen molar-refractivity contribution in [3.63, 3.8) is 0 Å². The van der Waals surface area contributed by atoms with Crippen LogP contribution in [-0.2, 0) is 10.2 Å². The van der Waals surface area contributed by atoms with Crippen molar-refractivity contribution < 1.29 is 13.5 Å². The Morgan fingerprint density at radius 3 is 2.64 bits per heavy atom. The van der Waals surface area contributed by atoms with Gasteiger partial charge in [0.15, 0.2) is 0 Å². The molecule has 0 aliphatic carbocycles. The zero-order valence-corrected chi connectivity index (χ0v) is 15.7. The predicted octanol–water partition coefficient (Wildman–Crippen LogP) is 0.541. The molecule has 1 fully saturated rings. The van der Waals surface area contributed by atoms with Crippen LogP contribution in [0, 0.1) is 0 Å². The van der Waals surface area contributed by atoms with Gasteiger partial charge in [0.1, 0.15) is 5.01 Å². The van der Waals surface area contributed by atoms with Crippen LogP contribution in [0.25, 0.3) is 10.6 Å². The van der Waals surface area contributed by atoms with Crippen molar-refractivity contribution in [2.24, 2.45) is 0 Å². The van der Waals surface area contributed by atoms with Crippen molar-refractivity contribution in [3.8, 4) is 10.6 Å². The molecule has 1 aliphatic heterocycles. The monoisotopic (exact) mass is 383 g/mol. The predicted molar refractivity (Wildman–Crippen MR) is 97.7 cm³/mol. The fourth-order valence-electron chi connectivity index (χ4n) is 2.58. The average molecular weight is 383 g/mol. The fraction of sp³-hybridized carbons (Fsp3) is 0.467. The second kappa shape index (κ2) is 7.34. The second-order valence-electron chi connectivity index (χ2n) is 6.07. The first-order valence-corrected chi connectivity index (χ1v) is 10.1. The van der Waals surface area contributed by atoms with Crippen LogP contribution >= 0.6 is 11.3 Å². The largest absolute Gasteiger partial charge is 0.390 e. The van der Waals surface area contributed by atoms with Crippen LogP contribution < -0.4 is 9.62 Å². The van der Waals surface area contributed by atoms with E-state index in [-0.39, 0.29) is 0 Å². The lowest BCUT2D eigenvalue weighted by molar-refractivity contribution is 0.124. The van der Waals surface area contributed by atoms with Gasteiger partial charge in [-0.15, -0.1) is 10.2 Å². The molecule has 0 amide bonds. The van der Waals surface area contributed by atoms with Gasteiger partial charge in [0, 0.05) is 32.7 Å². The summed E-state index contributed by atoms with van der Waals surface area (Å²) in [6, 6.07) is 9.28. The number of rotatable bonds is 5. The van der Waals surface area contributed by atoms with Gasteiger partial charge in [0.05, 0.1) is 12.1 Å². The first kappa shape index (κ1) is 18.2. The summed E-state index contributed by atoms with van der Waals surface area (Å²) in [7, 11) is -0.656. The van der Waals surface area contributed by atoms with Gasteiger partial charge in [0.2, 0.25) is 5.13 Å². The van der Waals surface area contributed by atoms with Gasteiger partial charge in [-0.05, 0) is 6.42 Å². The number of nitrogens with one attached hydrogen (secondary N) is 1. The van der Waals surface area contributed by atoms with Crippen molar-refractivity contribution in [2.45, 2.75) is 18.6 Å². The molecular weight excluding hydrogens is 362 g/mol. The van der Waals surface area contributed by atoms with Crippen molar-refractivity contribution >= 4 is 26.7 Å². The van der Waals surface area contributed by atoms with Crippen LogP contribution in [0.5, 0.6) is 0 Å². The number of benzene rings is 1. The van der Waals surface area contributed by atoms with Crippen LogP contribution in [0.3, 0.4) is 0 Å². The summed E-state index contributed by atoms with van der Waals surface area (Å²) in [6.07, 6.45) is -0.318. The third-order valence-electron chi connectivity index (χ3n) is 4.07. The molecule has 0 radical (unpaired) electrons. The molecule has 0 spiro atoms. The van der Waals surface area contributed by atoms with Crippen LogP contribution in [0.15, 0.2) is 30.3 Å². The third-order valence-corrected chi connectivity index (χ3v) is 6.66. The molecule has 1 saturated heterocycles. The normalized spacial score (nSPS) is 21.7. The Bertz CT molecular complexity index is 810. The van der Waals surface area contributed by atoms with Crippen molar-refractivity contribution in [3.05, 3.63) is 30.3 Å². The molecule has 2 aromatic rings. The summed E-state index contributed by atoms with van der Waals surface area (Å²) >= 11 is 1.46. The molecule has 0 bridgehead atoms. The maximum Gasteiger partial charge on any atom is 0.279 e. The maximum absolute atomic E-state index is 11.9. The maximum atomic E-state index is 11.9. The summed E-state index contributed by atoms with van der Waals surface area (Å²) in [6.45, 7) is 0.908. The van der Waals surface area contributed by atoms with Gasteiger partial charge in [-0.25, -0.2) is 0 Å². The number of nitrogens with zero attached hydrogens (tertiary/aromatic N) is 4. The zero-order chi connectivity index (χ0) is 18.0. The number of piperidine rings is 1. The molecule has 3 rings (SSSR count). The topological polar surface area (TPSA) is 98.7 Å². The molecule has 25 heavy (non-hydrogen) atoms. The van der Waals surface area contributed by atoms with Crippen LogP contribution in [-0.4, -0.2) is 67.4 Å². The SMILES string of the molecule is CN(C)S(=O)(=O)N[C@@H]1CCN(c2nnc(-c3ccccc3)s2)C[C@H]1O. The Balaban J connectivity index is 1.67. The van der Waals surface area contributed by atoms with Crippen LogP contribution in [0.4, 0.5) is 5.13 Å². The van der Waals surface area contributed by atoms with Gasteiger partial charge in [0.25, 0.3) is 10.2 Å². The van der Waals surface area contributed by atoms with Crippen LogP contribution in [0.2, 0.25) is 0 Å². The number of aromatic nitrogens is 2. The second-order valence-corrected chi connectivity index (χ2v) is 8.94. The van der Waals surface area contributed by atoms with Crippen LogP contribution in [0.1, 0.15) is 6.42 Å². The smallest absolute Gasteiger partial charge is 0.279 e. The Hall–Kier alpha value is -1.59. The van der Waals surface area contributed by atoms with E-state index in [1.165, 1.54) is 25.4 Å². The van der Waals surface area contributed by atoms with E-state index in [1.807, 2.05) is 35.2 Å². The van der Waals surface area contributed by atoms with Gasteiger partial charge in [-0.1, -0.05) is 41.7 Å². The molecule has 0 saturated carbocycles. The van der Waals surface area contributed by atoms with E-state index in [0.717, 1.165) is 20.0 Å². The fourth-order valence-corrected chi connectivity index (χ4v) is 4.33. The van der Waals surface area contributed by atoms with Gasteiger partial charge < -0.3 is 10.0 Å². The van der Waals surface area contributed by atoms with Crippen molar-refractivity contribution in [1.29, 1.82) is 0 Å². The lowest BCUT2D eigenvalue weighted by Gasteiger charge is -2.36. The van der Waals surface area contributed by atoms with Crippen molar-refractivity contribution in [2.75, 3.05) is 32.1 Å². The molecule has 10 heteroatoms. The molecule has 8 nitrogen and oxygen atoms in total. The minimum Gasteiger partial charge on any atom is -0.390 e. The van der Waals surface area contributed by atoms with E-state index < -0.39 is 22.4 Å². The molecule has 1 aliphatic rings. The number of aliphatic hydroxyl groups is 1. The lowest BCUT2D eigenvalue weighted by atomic mass is 10.0. The van der Waals surface area contributed by atoms with Gasteiger partial charge in [-0.3, -0.25) is 0 Å². The quantitative estimate of drug-likeness (QED) is 0.782. The van der Waals surface area contributed by atoms with Gasteiger partial charge in [-0.2, -0.15) is 17.4 Å². The van der Waals surface area contributed by atoms with E-state index in [9.17, 15) is 13.5 Å². The third kappa shape index (κ3) is 4.15. The Kier molecular flexibility index (Phi) is 5.35. The Labute approximate surface area is 151 Å². The molecular formula is C15H21N5O3S2. The highest BCUT2D eigenvalue weighted by Crippen LogP contribution is 2.30. The molecule has 2 N–H and O–H groups in total. The summed E-state index contributed by atoms with van der Waals surface area (Å²) in [5.41, 5.74) is 1.00. The summed E-state index contributed by atoms with van der Waals surface area (Å²) in [4.78, 5) is 1.94. The average Bonchev–Trinajstić information content (AvgIpc) is 3.07.